The van der Waals surface area contributed by atoms with Gasteiger partial charge >= 0.3 is 11.9 Å². The SMILES string of the molecule is CCCC/C=C\CCCCCCCC(=O)OCC(CO)OC(=O)CCCCCCCCCCCCC/C=C\CCCCCCCCCC. The monoisotopic (exact) mass is 677 g/mol. The quantitative estimate of drug-likeness (QED) is 0.0400. The van der Waals surface area contributed by atoms with E-state index in [1.807, 2.05) is 0 Å². The fourth-order valence-electron chi connectivity index (χ4n) is 6.00. The molecule has 0 aromatic carbocycles. The second-order valence-corrected chi connectivity index (χ2v) is 14.1. The van der Waals surface area contributed by atoms with Gasteiger partial charge in [0.05, 0.1) is 6.61 Å². The molecule has 0 aliphatic rings. The van der Waals surface area contributed by atoms with E-state index in [0.29, 0.717) is 12.8 Å². The van der Waals surface area contributed by atoms with Gasteiger partial charge in [0.15, 0.2) is 6.10 Å². The van der Waals surface area contributed by atoms with Gasteiger partial charge in [-0.3, -0.25) is 9.59 Å². The van der Waals surface area contributed by atoms with Crippen LogP contribution in [0.2, 0.25) is 0 Å². The molecule has 5 heteroatoms. The van der Waals surface area contributed by atoms with Crippen molar-refractivity contribution < 1.29 is 24.2 Å². The first-order valence-corrected chi connectivity index (χ1v) is 20.9. The summed E-state index contributed by atoms with van der Waals surface area (Å²) in [5, 5.41) is 9.55. The second kappa shape index (κ2) is 39.8. The molecule has 0 aliphatic heterocycles. The number of unbranched alkanes of at least 4 members (excludes halogenated alkanes) is 26. The average molecular weight is 677 g/mol. The molecule has 48 heavy (non-hydrogen) atoms. The molecule has 0 spiro atoms. The molecule has 1 unspecified atom stereocenters. The first-order valence-electron chi connectivity index (χ1n) is 20.9. The van der Waals surface area contributed by atoms with Gasteiger partial charge in [-0.05, 0) is 57.8 Å². The molecule has 1 atom stereocenters. The first kappa shape index (κ1) is 46.4. The summed E-state index contributed by atoms with van der Waals surface area (Å²) in [7, 11) is 0. The maximum atomic E-state index is 12.2. The van der Waals surface area contributed by atoms with Crippen LogP contribution in [-0.4, -0.2) is 36.4 Å². The minimum absolute atomic E-state index is 0.0676. The van der Waals surface area contributed by atoms with Crippen LogP contribution in [0.25, 0.3) is 0 Å². The molecule has 0 saturated carbocycles. The molecule has 0 aromatic heterocycles. The van der Waals surface area contributed by atoms with E-state index in [1.54, 1.807) is 0 Å². The van der Waals surface area contributed by atoms with Gasteiger partial charge in [0.25, 0.3) is 0 Å². The molecule has 5 nitrogen and oxygen atoms in total. The predicted octanol–water partition coefficient (Wildman–Crippen LogP) is 13.1. The summed E-state index contributed by atoms with van der Waals surface area (Å²) in [5.74, 6) is -0.597. The van der Waals surface area contributed by atoms with E-state index in [2.05, 4.69) is 38.2 Å². The van der Waals surface area contributed by atoms with Crippen molar-refractivity contribution in [1.82, 2.24) is 0 Å². The fraction of sp³-hybridized carbons (Fsp3) is 0.860. The van der Waals surface area contributed by atoms with Crippen LogP contribution in [0.15, 0.2) is 24.3 Å². The van der Waals surface area contributed by atoms with Crippen molar-refractivity contribution in [3.63, 3.8) is 0 Å². The number of aliphatic hydroxyl groups is 1. The van der Waals surface area contributed by atoms with E-state index in [4.69, 9.17) is 9.47 Å². The van der Waals surface area contributed by atoms with Crippen LogP contribution in [-0.2, 0) is 19.1 Å². The van der Waals surface area contributed by atoms with Gasteiger partial charge in [-0.25, -0.2) is 0 Å². The van der Waals surface area contributed by atoms with Gasteiger partial charge in [0.2, 0.25) is 0 Å². The van der Waals surface area contributed by atoms with E-state index in [-0.39, 0.29) is 25.2 Å². The van der Waals surface area contributed by atoms with Crippen molar-refractivity contribution in [1.29, 1.82) is 0 Å². The Bertz CT molecular complexity index is 731. The van der Waals surface area contributed by atoms with Crippen LogP contribution >= 0.6 is 0 Å². The van der Waals surface area contributed by atoms with Crippen LogP contribution < -0.4 is 0 Å². The van der Waals surface area contributed by atoms with Gasteiger partial charge in [0, 0.05) is 12.8 Å². The maximum Gasteiger partial charge on any atom is 0.306 e. The van der Waals surface area contributed by atoms with Gasteiger partial charge < -0.3 is 14.6 Å². The molecule has 0 amide bonds. The number of aliphatic hydroxyl groups excluding tert-OH is 1. The largest absolute Gasteiger partial charge is 0.462 e. The number of hydrogen-bond donors (Lipinski definition) is 1. The van der Waals surface area contributed by atoms with Crippen molar-refractivity contribution in [2.45, 2.75) is 225 Å². The highest BCUT2D eigenvalue weighted by Crippen LogP contribution is 2.14. The Morgan fingerprint density at radius 2 is 0.792 bits per heavy atom. The number of esters is 2. The molecule has 0 radical (unpaired) electrons. The predicted molar refractivity (Wildman–Crippen MR) is 205 cm³/mol. The lowest BCUT2D eigenvalue weighted by molar-refractivity contribution is -0.161. The average Bonchev–Trinajstić information content (AvgIpc) is 3.09. The molecule has 0 heterocycles. The summed E-state index contributed by atoms with van der Waals surface area (Å²) in [6, 6.07) is 0. The van der Waals surface area contributed by atoms with Crippen LogP contribution in [0.3, 0.4) is 0 Å². The Kier molecular flexibility index (Phi) is 38.5. The van der Waals surface area contributed by atoms with E-state index in [9.17, 15) is 14.7 Å². The molecule has 0 aliphatic carbocycles. The van der Waals surface area contributed by atoms with Crippen molar-refractivity contribution in [2.24, 2.45) is 0 Å². The number of rotatable bonds is 38. The van der Waals surface area contributed by atoms with Crippen LogP contribution in [0, 0.1) is 0 Å². The molecular weight excluding hydrogens is 596 g/mol. The first-order chi connectivity index (χ1) is 23.6. The minimum Gasteiger partial charge on any atom is -0.462 e. The fourth-order valence-corrected chi connectivity index (χ4v) is 6.00. The topological polar surface area (TPSA) is 72.8 Å². The maximum absolute atomic E-state index is 12.2. The highest BCUT2D eigenvalue weighted by atomic mass is 16.6. The number of ether oxygens (including phenoxy) is 2. The minimum atomic E-state index is -0.771. The Hall–Kier alpha value is -1.62. The molecule has 0 rings (SSSR count). The van der Waals surface area contributed by atoms with Gasteiger partial charge in [-0.15, -0.1) is 0 Å². The summed E-state index contributed by atoms with van der Waals surface area (Å²) >= 11 is 0. The third kappa shape index (κ3) is 37.2. The van der Waals surface area contributed by atoms with E-state index < -0.39 is 6.10 Å². The highest BCUT2D eigenvalue weighted by molar-refractivity contribution is 5.70. The lowest BCUT2D eigenvalue weighted by Crippen LogP contribution is -2.28. The Morgan fingerprint density at radius 3 is 1.19 bits per heavy atom. The van der Waals surface area contributed by atoms with Crippen LogP contribution in [0.4, 0.5) is 0 Å². The van der Waals surface area contributed by atoms with Crippen molar-refractivity contribution in [3.05, 3.63) is 24.3 Å². The summed E-state index contributed by atoms with van der Waals surface area (Å²) in [5.41, 5.74) is 0. The molecule has 0 aromatic rings. The third-order valence-corrected chi connectivity index (χ3v) is 9.22. The zero-order chi connectivity index (χ0) is 35.0. The summed E-state index contributed by atoms with van der Waals surface area (Å²) in [6.07, 6.45) is 46.8. The molecular formula is C43H80O5. The lowest BCUT2D eigenvalue weighted by Gasteiger charge is -2.15. The number of hydrogen-bond acceptors (Lipinski definition) is 5. The van der Waals surface area contributed by atoms with Crippen molar-refractivity contribution in [3.8, 4) is 0 Å². The molecule has 0 saturated heterocycles. The van der Waals surface area contributed by atoms with E-state index in [0.717, 1.165) is 44.9 Å². The van der Waals surface area contributed by atoms with E-state index in [1.165, 1.54) is 148 Å². The normalized spacial score (nSPS) is 12.3. The standard InChI is InChI=1S/C43H80O5/c1-3-5-7-9-11-13-15-16-17-18-19-20-21-22-23-24-25-26-28-30-32-34-36-38-43(46)48-41(39-44)40-47-42(45)37-35-33-31-29-27-14-12-10-8-6-4-2/h10,12,18-19,41,44H,3-9,11,13-17,20-40H2,1-2H3/b12-10-,19-18-. The molecule has 1 N–H and O–H groups in total. The molecule has 0 fully saturated rings. The van der Waals surface area contributed by atoms with Crippen molar-refractivity contribution >= 4 is 11.9 Å². The zero-order valence-electron chi connectivity index (χ0n) is 32.0. The lowest BCUT2D eigenvalue weighted by atomic mass is 10.0. The third-order valence-electron chi connectivity index (χ3n) is 9.22. The summed E-state index contributed by atoms with van der Waals surface area (Å²) in [4.78, 5) is 24.2. The van der Waals surface area contributed by atoms with Gasteiger partial charge in [-0.2, -0.15) is 0 Å². The smallest absolute Gasteiger partial charge is 0.306 e. The molecule has 282 valence electrons. The Balaban J connectivity index is 3.48. The number of carbonyl (C=O) groups excluding carboxylic acids is 2. The second-order valence-electron chi connectivity index (χ2n) is 14.1. The van der Waals surface area contributed by atoms with Gasteiger partial charge in [-0.1, -0.05) is 173 Å². The Morgan fingerprint density at radius 1 is 0.458 bits per heavy atom. The number of allylic oxidation sites excluding steroid dienone is 4. The molecule has 0 bridgehead atoms. The Labute approximate surface area is 298 Å². The zero-order valence-corrected chi connectivity index (χ0v) is 32.0. The van der Waals surface area contributed by atoms with Gasteiger partial charge in [0.1, 0.15) is 6.61 Å². The summed E-state index contributed by atoms with van der Waals surface area (Å²) in [6.45, 7) is 4.10. The van der Waals surface area contributed by atoms with Crippen LogP contribution in [0.1, 0.15) is 219 Å². The van der Waals surface area contributed by atoms with Crippen LogP contribution in [0.5, 0.6) is 0 Å². The highest BCUT2D eigenvalue weighted by Gasteiger charge is 2.16. The van der Waals surface area contributed by atoms with Crippen molar-refractivity contribution in [2.75, 3.05) is 13.2 Å². The number of carbonyl (C=O) groups is 2. The van der Waals surface area contributed by atoms with E-state index >= 15 is 0 Å². The summed E-state index contributed by atoms with van der Waals surface area (Å²) < 4.78 is 10.6.